The zero-order valence-electron chi connectivity index (χ0n) is 9.37. The molecule has 4 nitrogen and oxygen atoms in total. The number of alkyl halides is 1. The molecule has 16 heavy (non-hydrogen) atoms. The number of carbonyl (C=O) groups is 1. The topological polar surface area (TPSA) is 51.2 Å². The first-order valence-electron chi connectivity index (χ1n) is 4.94. The Morgan fingerprint density at radius 3 is 2.94 bits per heavy atom. The molecule has 1 aromatic heterocycles. The van der Waals surface area contributed by atoms with E-state index >= 15 is 0 Å². The van der Waals surface area contributed by atoms with Crippen molar-refractivity contribution in [1.82, 2.24) is 10.3 Å². The van der Waals surface area contributed by atoms with Crippen molar-refractivity contribution in [3.05, 3.63) is 29.6 Å². The number of rotatable bonds is 5. The molecule has 0 radical (unpaired) electrons. The van der Waals surface area contributed by atoms with Crippen molar-refractivity contribution in [3.8, 4) is 0 Å². The van der Waals surface area contributed by atoms with E-state index in [2.05, 4.69) is 26.2 Å². The van der Waals surface area contributed by atoms with Crippen molar-refractivity contribution in [2.75, 3.05) is 19.0 Å². The van der Waals surface area contributed by atoms with E-state index in [-0.39, 0.29) is 11.9 Å². The number of methoxy groups -OCH3 is 1. The van der Waals surface area contributed by atoms with Gasteiger partial charge in [0, 0.05) is 24.8 Å². The highest BCUT2D eigenvalue weighted by Gasteiger charge is 2.12. The summed E-state index contributed by atoms with van der Waals surface area (Å²) in [4.78, 5) is 15.8. The Morgan fingerprint density at radius 1 is 1.62 bits per heavy atom. The molecule has 0 aromatic carbocycles. The number of aromatic nitrogens is 1. The maximum Gasteiger partial charge on any atom is 0.253 e. The van der Waals surface area contributed by atoms with Gasteiger partial charge in [-0.3, -0.25) is 9.78 Å². The third kappa shape index (κ3) is 3.90. The highest BCUT2D eigenvalue weighted by molar-refractivity contribution is 9.09. The number of hydrogen-bond donors (Lipinski definition) is 1. The van der Waals surface area contributed by atoms with Gasteiger partial charge in [-0.25, -0.2) is 0 Å². The SMILES string of the molecule is COCC(CBr)NC(=O)c1cncc(C)c1. The number of hydrogen-bond acceptors (Lipinski definition) is 3. The maximum absolute atomic E-state index is 11.8. The molecule has 1 aromatic rings. The number of ether oxygens (including phenoxy) is 1. The average Bonchev–Trinajstić information content (AvgIpc) is 2.28. The minimum atomic E-state index is -0.127. The van der Waals surface area contributed by atoms with Crippen LogP contribution in [0.3, 0.4) is 0 Å². The van der Waals surface area contributed by atoms with E-state index in [1.54, 1.807) is 25.6 Å². The Bertz CT molecular complexity index is 358. The van der Waals surface area contributed by atoms with E-state index < -0.39 is 0 Å². The van der Waals surface area contributed by atoms with E-state index in [0.717, 1.165) is 5.56 Å². The quantitative estimate of drug-likeness (QED) is 0.836. The molecule has 1 rings (SSSR count). The normalized spacial score (nSPS) is 12.2. The monoisotopic (exact) mass is 286 g/mol. The lowest BCUT2D eigenvalue weighted by Gasteiger charge is -2.15. The molecule has 0 aliphatic heterocycles. The lowest BCUT2D eigenvalue weighted by atomic mass is 10.2. The van der Waals surface area contributed by atoms with Crippen LogP contribution in [0.15, 0.2) is 18.5 Å². The van der Waals surface area contributed by atoms with Crippen molar-refractivity contribution in [1.29, 1.82) is 0 Å². The third-order valence-electron chi connectivity index (χ3n) is 2.03. The summed E-state index contributed by atoms with van der Waals surface area (Å²) >= 11 is 3.32. The summed E-state index contributed by atoms with van der Waals surface area (Å²) in [7, 11) is 1.61. The molecule has 0 aliphatic carbocycles. The van der Waals surface area contributed by atoms with Gasteiger partial charge in [-0.05, 0) is 18.6 Å². The van der Waals surface area contributed by atoms with Crippen LogP contribution in [0, 0.1) is 6.92 Å². The van der Waals surface area contributed by atoms with E-state index in [1.165, 1.54) is 0 Å². The second-order valence-electron chi connectivity index (χ2n) is 3.53. The Balaban J connectivity index is 2.64. The minimum absolute atomic E-state index is 0.0296. The van der Waals surface area contributed by atoms with Gasteiger partial charge in [0.05, 0.1) is 18.2 Å². The summed E-state index contributed by atoms with van der Waals surface area (Å²) in [6.45, 7) is 2.39. The van der Waals surface area contributed by atoms with Crippen LogP contribution in [0.1, 0.15) is 15.9 Å². The summed E-state index contributed by atoms with van der Waals surface area (Å²) < 4.78 is 4.99. The molecule has 5 heteroatoms. The van der Waals surface area contributed by atoms with Crippen LogP contribution in [-0.4, -0.2) is 36.0 Å². The molecule has 0 fully saturated rings. The number of amides is 1. The maximum atomic E-state index is 11.8. The van der Waals surface area contributed by atoms with Crippen LogP contribution in [0.25, 0.3) is 0 Å². The zero-order chi connectivity index (χ0) is 12.0. The van der Waals surface area contributed by atoms with Crippen LogP contribution < -0.4 is 5.32 Å². The predicted octanol–water partition coefficient (Wildman–Crippen LogP) is 1.53. The van der Waals surface area contributed by atoms with Crippen molar-refractivity contribution in [2.24, 2.45) is 0 Å². The van der Waals surface area contributed by atoms with E-state index in [1.807, 2.05) is 6.92 Å². The molecule has 0 saturated carbocycles. The van der Waals surface area contributed by atoms with Crippen molar-refractivity contribution in [2.45, 2.75) is 13.0 Å². The molecule has 0 spiro atoms. The molecule has 1 amide bonds. The largest absolute Gasteiger partial charge is 0.383 e. The fraction of sp³-hybridized carbons (Fsp3) is 0.455. The fourth-order valence-corrected chi connectivity index (χ4v) is 1.62. The third-order valence-corrected chi connectivity index (χ3v) is 2.81. The van der Waals surface area contributed by atoms with Crippen LogP contribution in [0.5, 0.6) is 0 Å². The Labute approximate surface area is 104 Å². The minimum Gasteiger partial charge on any atom is -0.383 e. The molecule has 1 N–H and O–H groups in total. The van der Waals surface area contributed by atoms with E-state index in [4.69, 9.17) is 4.74 Å². The summed E-state index contributed by atoms with van der Waals surface area (Å²) in [5.41, 5.74) is 1.54. The van der Waals surface area contributed by atoms with Gasteiger partial charge >= 0.3 is 0 Å². The number of nitrogens with one attached hydrogen (secondary N) is 1. The summed E-state index contributed by atoms with van der Waals surface area (Å²) in [5, 5.41) is 3.52. The molecule has 0 aliphatic rings. The molecule has 1 atom stereocenters. The summed E-state index contributed by atoms with van der Waals surface area (Å²) in [6, 6.07) is 1.78. The highest BCUT2D eigenvalue weighted by atomic mass is 79.9. The van der Waals surface area contributed by atoms with Gasteiger partial charge in [0.15, 0.2) is 0 Å². The predicted molar refractivity (Wildman–Crippen MR) is 65.9 cm³/mol. The number of aryl methyl sites for hydroxylation is 1. The van der Waals surface area contributed by atoms with Crippen LogP contribution in [0.2, 0.25) is 0 Å². The molecule has 0 saturated heterocycles. The smallest absolute Gasteiger partial charge is 0.253 e. The van der Waals surface area contributed by atoms with E-state index in [9.17, 15) is 4.79 Å². The highest BCUT2D eigenvalue weighted by Crippen LogP contribution is 2.02. The second kappa shape index (κ2) is 6.60. The number of nitrogens with zero attached hydrogens (tertiary/aromatic N) is 1. The van der Waals surface area contributed by atoms with Gasteiger partial charge in [-0.1, -0.05) is 15.9 Å². The summed E-state index contributed by atoms with van der Waals surface area (Å²) in [6.07, 6.45) is 3.27. The van der Waals surface area contributed by atoms with Gasteiger partial charge < -0.3 is 10.1 Å². The number of pyridine rings is 1. The van der Waals surface area contributed by atoms with Gasteiger partial charge in [-0.2, -0.15) is 0 Å². The van der Waals surface area contributed by atoms with Gasteiger partial charge in [0.25, 0.3) is 5.91 Å². The fourth-order valence-electron chi connectivity index (χ4n) is 1.27. The lowest BCUT2D eigenvalue weighted by molar-refractivity contribution is 0.0907. The van der Waals surface area contributed by atoms with Crippen LogP contribution in [-0.2, 0) is 4.74 Å². The van der Waals surface area contributed by atoms with Crippen LogP contribution >= 0.6 is 15.9 Å². The first-order chi connectivity index (χ1) is 7.67. The first kappa shape index (κ1) is 13.1. The molecule has 1 unspecified atom stereocenters. The van der Waals surface area contributed by atoms with Gasteiger partial charge in [-0.15, -0.1) is 0 Å². The molecule has 0 bridgehead atoms. The van der Waals surface area contributed by atoms with Crippen molar-refractivity contribution in [3.63, 3.8) is 0 Å². The zero-order valence-corrected chi connectivity index (χ0v) is 11.0. The van der Waals surface area contributed by atoms with Gasteiger partial charge in [0.1, 0.15) is 0 Å². The van der Waals surface area contributed by atoms with Crippen molar-refractivity contribution >= 4 is 21.8 Å². The Kier molecular flexibility index (Phi) is 5.42. The Hall–Kier alpha value is -0.940. The average molecular weight is 287 g/mol. The number of halogens is 1. The number of carbonyl (C=O) groups excluding carboxylic acids is 1. The molecular formula is C11H15BrN2O2. The van der Waals surface area contributed by atoms with Crippen molar-refractivity contribution < 1.29 is 9.53 Å². The molecule has 88 valence electrons. The van der Waals surface area contributed by atoms with Gasteiger partial charge in [0.2, 0.25) is 0 Å². The Morgan fingerprint density at radius 2 is 2.38 bits per heavy atom. The van der Waals surface area contributed by atoms with Crippen LogP contribution in [0.4, 0.5) is 0 Å². The summed E-state index contributed by atoms with van der Waals surface area (Å²) in [5.74, 6) is -0.127. The lowest BCUT2D eigenvalue weighted by Crippen LogP contribution is -2.39. The van der Waals surface area contributed by atoms with E-state index in [0.29, 0.717) is 17.5 Å². The second-order valence-corrected chi connectivity index (χ2v) is 4.18. The standard InChI is InChI=1S/C11H15BrN2O2/c1-8-3-9(6-13-5-8)11(15)14-10(4-12)7-16-2/h3,5-6,10H,4,7H2,1-2H3,(H,14,15). The molecule has 1 heterocycles. The first-order valence-corrected chi connectivity index (χ1v) is 6.07. The molecular weight excluding hydrogens is 272 g/mol.